The number of aryl methyl sites for hydroxylation is 1. The Hall–Kier alpha value is -2.90. The molecular formula is C17H19N3O5. The normalized spacial score (nSPS) is 17.9. The molecule has 1 N–H and O–H groups in total. The molecule has 3 rings (SSSR count). The number of nitrogens with zero attached hydrogens (tertiary/aromatic N) is 2. The van der Waals surface area contributed by atoms with Crippen LogP contribution in [0.5, 0.6) is 0 Å². The topological polar surface area (TPSA) is 102 Å². The fourth-order valence-corrected chi connectivity index (χ4v) is 2.43. The summed E-state index contributed by atoms with van der Waals surface area (Å²) in [5.41, 5.74) is 0.629. The number of hydrogen-bond acceptors (Lipinski definition) is 6. The van der Waals surface area contributed by atoms with Crippen LogP contribution in [0.25, 0.3) is 11.0 Å². The lowest BCUT2D eigenvalue weighted by Gasteiger charge is -2.19. The number of esters is 1. The van der Waals surface area contributed by atoms with Crippen molar-refractivity contribution in [2.24, 2.45) is 5.41 Å². The van der Waals surface area contributed by atoms with Crippen molar-refractivity contribution in [1.82, 2.24) is 15.2 Å². The zero-order chi connectivity index (χ0) is 18.4. The molecular weight excluding hydrogens is 326 g/mol. The van der Waals surface area contributed by atoms with E-state index >= 15 is 0 Å². The molecule has 8 heteroatoms. The van der Waals surface area contributed by atoms with Gasteiger partial charge in [-0.25, -0.2) is 9.69 Å². The van der Waals surface area contributed by atoms with E-state index < -0.39 is 36.1 Å². The zero-order valence-corrected chi connectivity index (χ0v) is 14.5. The number of carbonyl (C=O) groups is 3. The molecule has 0 saturated carbocycles. The molecule has 0 aliphatic carbocycles. The van der Waals surface area contributed by atoms with Crippen LogP contribution in [0, 0.1) is 12.3 Å². The first-order valence-electron chi connectivity index (χ1n) is 7.82. The molecule has 132 valence electrons. The summed E-state index contributed by atoms with van der Waals surface area (Å²) in [5, 5.41) is 3.32. The SMILES string of the molecule is Cc1nccc2oc(C3NC(=O)N(COC(=O)C(C)(C)C)C3=O)cc12. The number of ether oxygens (including phenoxy) is 1. The van der Waals surface area contributed by atoms with Gasteiger partial charge in [-0.15, -0.1) is 0 Å². The first-order chi connectivity index (χ1) is 11.7. The Balaban J connectivity index is 1.78. The number of pyridine rings is 1. The highest BCUT2D eigenvalue weighted by atomic mass is 16.5. The van der Waals surface area contributed by atoms with Crippen LogP contribution in [-0.2, 0) is 14.3 Å². The second kappa shape index (κ2) is 5.87. The van der Waals surface area contributed by atoms with Gasteiger partial charge < -0.3 is 14.5 Å². The molecule has 0 aromatic carbocycles. The lowest BCUT2D eigenvalue weighted by Crippen LogP contribution is -2.36. The number of nitrogens with one attached hydrogen (secondary N) is 1. The molecule has 3 amide bonds. The number of hydrogen-bond donors (Lipinski definition) is 1. The Labute approximate surface area is 144 Å². The predicted octanol–water partition coefficient (Wildman–Crippen LogP) is 2.28. The molecule has 25 heavy (non-hydrogen) atoms. The number of aromatic nitrogens is 1. The third-order valence-electron chi connectivity index (χ3n) is 3.91. The number of fused-ring (bicyclic) bond motifs is 1. The molecule has 1 aliphatic rings. The van der Waals surface area contributed by atoms with Crippen molar-refractivity contribution in [3.63, 3.8) is 0 Å². The Morgan fingerprint density at radius 3 is 2.76 bits per heavy atom. The number of carbonyl (C=O) groups excluding carboxylic acids is 3. The minimum atomic E-state index is -0.951. The number of furan rings is 1. The van der Waals surface area contributed by atoms with Crippen LogP contribution in [0.2, 0.25) is 0 Å². The molecule has 0 radical (unpaired) electrons. The maximum Gasteiger partial charge on any atom is 0.327 e. The number of imide groups is 1. The van der Waals surface area contributed by atoms with Gasteiger partial charge in [0, 0.05) is 17.3 Å². The van der Waals surface area contributed by atoms with Gasteiger partial charge in [0.1, 0.15) is 11.3 Å². The largest absolute Gasteiger partial charge is 0.458 e. The Morgan fingerprint density at radius 1 is 1.40 bits per heavy atom. The fraction of sp³-hybridized carbons (Fsp3) is 0.412. The first kappa shape index (κ1) is 16.9. The minimum absolute atomic E-state index is 0.314. The molecule has 1 atom stereocenters. The van der Waals surface area contributed by atoms with Gasteiger partial charge in [0.05, 0.1) is 5.41 Å². The van der Waals surface area contributed by atoms with Crippen molar-refractivity contribution < 1.29 is 23.5 Å². The molecule has 8 nitrogen and oxygen atoms in total. The lowest BCUT2D eigenvalue weighted by molar-refractivity contribution is -0.158. The summed E-state index contributed by atoms with van der Waals surface area (Å²) in [6, 6.07) is 1.79. The highest BCUT2D eigenvalue weighted by molar-refractivity contribution is 6.04. The summed E-state index contributed by atoms with van der Waals surface area (Å²) >= 11 is 0. The van der Waals surface area contributed by atoms with Crippen LogP contribution < -0.4 is 5.32 Å². The molecule has 0 bridgehead atoms. The maximum absolute atomic E-state index is 12.5. The summed E-state index contributed by atoms with van der Waals surface area (Å²) in [6.07, 6.45) is 1.61. The smallest absolute Gasteiger partial charge is 0.327 e. The van der Waals surface area contributed by atoms with Crippen LogP contribution in [0.15, 0.2) is 22.7 Å². The third kappa shape index (κ3) is 3.07. The van der Waals surface area contributed by atoms with E-state index in [4.69, 9.17) is 9.15 Å². The quantitative estimate of drug-likeness (QED) is 0.676. The molecule has 1 aliphatic heterocycles. The van der Waals surface area contributed by atoms with Crippen molar-refractivity contribution in [2.45, 2.75) is 33.7 Å². The Bertz CT molecular complexity index is 865. The van der Waals surface area contributed by atoms with Crippen LogP contribution in [-0.4, -0.2) is 34.5 Å². The van der Waals surface area contributed by atoms with Crippen LogP contribution in [0.3, 0.4) is 0 Å². The average Bonchev–Trinajstić information content (AvgIpc) is 3.07. The van der Waals surface area contributed by atoms with Crippen molar-refractivity contribution >= 4 is 28.9 Å². The minimum Gasteiger partial charge on any atom is -0.458 e. The van der Waals surface area contributed by atoms with Gasteiger partial charge in [-0.2, -0.15) is 0 Å². The highest BCUT2D eigenvalue weighted by Gasteiger charge is 2.42. The molecule has 2 aromatic heterocycles. The molecule has 1 saturated heterocycles. The first-order valence-corrected chi connectivity index (χ1v) is 7.82. The molecule has 3 heterocycles. The lowest BCUT2D eigenvalue weighted by atomic mass is 9.98. The van der Waals surface area contributed by atoms with Crippen LogP contribution in [0.4, 0.5) is 4.79 Å². The Kier molecular flexibility index (Phi) is 3.98. The maximum atomic E-state index is 12.5. The molecule has 1 unspecified atom stereocenters. The summed E-state index contributed by atoms with van der Waals surface area (Å²) in [7, 11) is 0. The standard InChI is InChI=1S/C17H19N3O5/c1-9-10-7-12(25-11(10)5-6-18-9)13-14(21)20(16(23)19-13)8-24-15(22)17(2,3)4/h5-7,13H,8H2,1-4H3,(H,19,23). The van der Waals surface area contributed by atoms with E-state index in [1.54, 1.807) is 39.1 Å². The van der Waals surface area contributed by atoms with Crippen molar-refractivity contribution in [2.75, 3.05) is 6.73 Å². The van der Waals surface area contributed by atoms with E-state index in [9.17, 15) is 14.4 Å². The van der Waals surface area contributed by atoms with E-state index in [1.807, 2.05) is 6.92 Å². The fourth-order valence-electron chi connectivity index (χ4n) is 2.43. The number of rotatable bonds is 3. The van der Waals surface area contributed by atoms with Crippen LogP contribution in [0.1, 0.15) is 38.3 Å². The van der Waals surface area contributed by atoms with E-state index in [1.165, 1.54) is 0 Å². The second-order valence-corrected chi connectivity index (χ2v) is 6.92. The average molecular weight is 345 g/mol. The van der Waals surface area contributed by atoms with Gasteiger partial charge in [-0.3, -0.25) is 14.6 Å². The summed E-state index contributed by atoms with van der Waals surface area (Å²) < 4.78 is 10.7. The molecule has 2 aromatic rings. The number of amides is 3. The van der Waals surface area contributed by atoms with Crippen molar-refractivity contribution in [3.8, 4) is 0 Å². The second-order valence-electron chi connectivity index (χ2n) is 6.92. The highest BCUT2D eigenvalue weighted by Crippen LogP contribution is 2.29. The van der Waals surface area contributed by atoms with E-state index in [0.29, 0.717) is 11.3 Å². The predicted molar refractivity (Wildman–Crippen MR) is 87.3 cm³/mol. The zero-order valence-electron chi connectivity index (χ0n) is 14.5. The van der Waals surface area contributed by atoms with Crippen LogP contribution >= 0.6 is 0 Å². The number of urea groups is 1. The van der Waals surface area contributed by atoms with Crippen molar-refractivity contribution in [3.05, 3.63) is 29.8 Å². The molecule has 0 spiro atoms. The third-order valence-corrected chi connectivity index (χ3v) is 3.91. The summed E-state index contributed by atoms with van der Waals surface area (Å²) in [6.45, 7) is 6.46. The van der Waals surface area contributed by atoms with E-state index in [-0.39, 0.29) is 0 Å². The van der Waals surface area contributed by atoms with Crippen molar-refractivity contribution in [1.29, 1.82) is 0 Å². The summed E-state index contributed by atoms with van der Waals surface area (Å²) in [4.78, 5) is 41.4. The van der Waals surface area contributed by atoms with E-state index in [2.05, 4.69) is 10.3 Å². The van der Waals surface area contributed by atoms with Gasteiger partial charge in [0.2, 0.25) is 0 Å². The van der Waals surface area contributed by atoms with Gasteiger partial charge in [0.15, 0.2) is 12.8 Å². The van der Waals surface area contributed by atoms with Gasteiger partial charge >= 0.3 is 12.0 Å². The van der Waals surface area contributed by atoms with Gasteiger partial charge in [0.25, 0.3) is 5.91 Å². The summed E-state index contributed by atoms with van der Waals surface area (Å²) in [5.74, 6) is -0.715. The van der Waals surface area contributed by atoms with Gasteiger partial charge in [-0.1, -0.05) is 0 Å². The monoisotopic (exact) mass is 345 g/mol. The van der Waals surface area contributed by atoms with Gasteiger partial charge in [-0.05, 0) is 39.8 Å². The van der Waals surface area contributed by atoms with E-state index in [0.717, 1.165) is 16.0 Å². The molecule has 1 fully saturated rings. The Morgan fingerprint density at radius 2 is 2.12 bits per heavy atom.